The Labute approximate surface area is 204 Å². The quantitative estimate of drug-likeness (QED) is 0.301. The third-order valence-corrected chi connectivity index (χ3v) is 7.78. The summed E-state index contributed by atoms with van der Waals surface area (Å²) >= 11 is 1.83. The number of halogens is 3. The summed E-state index contributed by atoms with van der Waals surface area (Å²) in [7, 11) is 0. The molecule has 2 aliphatic rings. The Morgan fingerprint density at radius 1 is 0.914 bits per heavy atom. The first-order valence-electron chi connectivity index (χ1n) is 11.4. The fraction of sp³-hybridized carbons (Fsp3) is 0.222. The molecule has 4 aromatic rings. The van der Waals surface area contributed by atoms with Gasteiger partial charge in [0.25, 0.3) is 0 Å². The number of benzene rings is 2. The van der Waals surface area contributed by atoms with E-state index in [1.54, 1.807) is 0 Å². The first-order chi connectivity index (χ1) is 16.9. The average molecular weight is 491 g/mol. The second kappa shape index (κ2) is 8.30. The Hall–Kier alpha value is -3.52. The molecular formula is C27H21F3N4S. The summed E-state index contributed by atoms with van der Waals surface area (Å²) in [4.78, 5) is 6.41. The molecule has 0 fully saturated rings. The molecule has 176 valence electrons. The average Bonchev–Trinajstić information content (AvgIpc) is 3.51. The lowest BCUT2D eigenvalue weighted by Crippen LogP contribution is -2.08. The van der Waals surface area contributed by atoms with Crippen molar-refractivity contribution in [3.63, 3.8) is 0 Å². The van der Waals surface area contributed by atoms with E-state index in [1.807, 2.05) is 42.5 Å². The number of aliphatic imine (C=N–C) groups is 1. The first kappa shape index (κ1) is 22.0. The van der Waals surface area contributed by atoms with Gasteiger partial charge >= 0.3 is 6.18 Å². The number of aromatic nitrogens is 3. The van der Waals surface area contributed by atoms with Gasteiger partial charge in [-0.25, -0.2) is 0 Å². The highest BCUT2D eigenvalue weighted by Crippen LogP contribution is 2.41. The second-order valence-electron chi connectivity index (χ2n) is 8.78. The standard InChI is InChI=1S/C27H21F3N4S/c1-16-32-33-23-15-31-25(24-21-3-2-4-22(21)35-26(24)34(16)23)19-11-7-17(8-12-19)5-6-18-9-13-20(14-10-18)27(28,29)30/h5-14H,2-4,15H2,1H3/b6-5-. The van der Waals surface area contributed by atoms with Gasteiger partial charge in [-0.15, -0.1) is 21.5 Å². The van der Waals surface area contributed by atoms with E-state index in [0.717, 1.165) is 58.5 Å². The molecule has 0 saturated heterocycles. The number of thiophene rings is 1. The van der Waals surface area contributed by atoms with E-state index in [-0.39, 0.29) is 0 Å². The Morgan fingerprint density at radius 2 is 1.60 bits per heavy atom. The third kappa shape index (κ3) is 3.91. The van der Waals surface area contributed by atoms with Crippen molar-refractivity contribution in [1.82, 2.24) is 14.8 Å². The minimum Gasteiger partial charge on any atom is -0.276 e. The maximum atomic E-state index is 12.8. The zero-order valence-corrected chi connectivity index (χ0v) is 19.7. The summed E-state index contributed by atoms with van der Waals surface area (Å²) in [5, 5.41) is 9.80. The largest absolute Gasteiger partial charge is 0.416 e. The third-order valence-electron chi connectivity index (χ3n) is 6.50. The predicted octanol–water partition coefficient (Wildman–Crippen LogP) is 6.67. The summed E-state index contributed by atoms with van der Waals surface area (Å²) in [5.74, 6) is 1.73. The molecule has 0 radical (unpaired) electrons. The molecule has 0 amide bonds. The number of rotatable bonds is 3. The molecule has 1 aliphatic carbocycles. The number of hydrogen-bond acceptors (Lipinski definition) is 4. The Bertz CT molecular complexity index is 1470. The molecule has 3 heterocycles. The molecule has 6 rings (SSSR count). The smallest absolute Gasteiger partial charge is 0.276 e. The lowest BCUT2D eigenvalue weighted by atomic mass is 9.98. The number of aryl methyl sites for hydroxylation is 2. The van der Waals surface area contributed by atoms with Gasteiger partial charge in [0.15, 0.2) is 5.82 Å². The van der Waals surface area contributed by atoms with Gasteiger partial charge in [0.2, 0.25) is 0 Å². The molecule has 1 aliphatic heterocycles. The monoisotopic (exact) mass is 490 g/mol. The molecule has 0 spiro atoms. The fourth-order valence-electron chi connectivity index (χ4n) is 4.76. The number of hydrogen-bond donors (Lipinski definition) is 0. The summed E-state index contributed by atoms with van der Waals surface area (Å²) < 4.78 is 40.5. The molecule has 2 aromatic heterocycles. The van der Waals surface area contributed by atoms with E-state index in [9.17, 15) is 13.2 Å². The van der Waals surface area contributed by atoms with Gasteiger partial charge in [0.1, 0.15) is 17.4 Å². The molecule has 35 heavy (non-hydrogen) atoms. The van der Waals surface area contributed by atoms with E-state index in [0.29, 0.717) is 12.1 Å². The summed E-state index contributed by atoms with van der Waals surface area (Å²) in [6.45, 7) is 2.45. The van der Waals surface area contributed by atoms with Crippen LogP contribution in [0.4, 0.5) is 13.2 Å². The van der Waals surface area contributed by atoms with Crippen LogP contribution in [0.25, 0.3) is 17.2 Å². The Balaban J connectivity index is 1.31. The minimum atomic E-state index is -4.32. The Kier molecular flexibility index (Phi) is 5.21. The van der Waals surface area contributed by atoms with E-state index in [2.05, 4.69) is 26.9 Å². The highest BCUT2D eigenvalue weighted by molar-refractivity contribution is 7.15. The zero-order chi connectivity index (χ0) is 24.2. The lowest BCUT2D eigenvalue weighted by molar-refractivity contribution is -0.137. The molecule has 0 N–H and O–H groups in total. The van der Waals surface area contributed by atoms with Crippen LogP contribution in [0, 0.1) is 6.92 Å². The summed E-state index contributed by atoms with van der Waals surface area (Å²) in [5.41, 5.74) is 5.67. The van der Waals surface area contributed by atoms with Crippen LogP contribution in [0.5, 0.6) is 0 Å². The number of alkyl halides is 3. The van der Waals surface area contributed by atoms with Gasteiger partial charge < -0.3 is 0 Å². The van der Waals surface area contributed by atoms with Crippen molar-refractivity contribution in [2.24, 2.45) is 4.99 Å². The van der Waals surface area contributed by atoms with Gasteiger partial charge in [0.05, 0.1) is 11.3 Å². The van der Waals surface area contributed by atoms with Crippen LogP contribution in [0.15, 0.2) is 53.5 Å². The SMILES string of the molecule is Cc1nnc2n1-c1sc3c(c1C(c1ccc(/C=C\c4ccc(C(F)(F)F)cc4)cc1)=NC2)CCC3. The molecular weight excluding hydrogens is 469 g/mol. The van der Waals surface area contributed by atoms with E-state index < -0.39 is 11.7 Å². The van der Waals surface area contributed by atoms with Crippen molar-refractivity contribution in [3.8, 4) is 5.00 Å². The summed E-state index contributed by atoms with van der Waals surface area (Å²) in [6.07, 6.45) is 2.73. The Morgan fingerprint density at radius 3 is 2.29 bits per heavy atom. The van der Waals surface area contributed by atoms with Crippen molar-refractivity contribution >= 4 is 29.2 Å². The second-order valence-corrected chi connectivity index (χ2v) is 9.86. The highest BCUT2D eigenvalue weighted by Gasteiger charge is 2.31. The van der Waals surface area contributed by atoms with E-state index in [4.69, 9.17) is 4.99 Å². The molecule has 2 aromatic carbocycles. The summed E-state index contributed by atoms with van der Waals surface area (Å²) in [6, 6.07) is 13.3. The maximum Gasteiger partial charge on any atom is 0.416 e. The van der Waals surface area contributed by atoms with Gasteiger partial charge in [-0.3, -0.25) is 9.56 Å². The molecule has 0 atom stereocenters. The van der Waals surface area contributed by atoms with Gasteiger partial charge in [-0.2, -0.15) is 13.2 Å². The van der Waals surface area contributed by atoms with Crippen molar-refractivity contribution in [2.75, 3.05) is 0 Å². The van der Waals surface area contributed by atoms with Crippen molar-refractivity contribution in [1.29, 1.82) is 0 Å². The van der Waals surface area contributed by atoms with Crippen LogP contribution in [0.2, 0.25) is 0 Å². The molecule has 0 saturated carbocycles. The normalized spacial score (nSPS) is 15.0. The van der Waals surface area contributed by atoms with Gasteiger partial charge in [-0.1, -0.05) is 48.6 Å². The molecule has 0 unspecified atom stereocenters. The topological polar surface area (TPSA) is 43.1 Å². The van der Waals surface area contributed by atoms with Crippen molar-refractivity contribution < 1.29 is 13.2 Å². The van der Waals surface area contributed by atoms with Crippen LogP contribution in [-0.2, 0) is 25.6 Å². The van der Waals surface area contributed by atoms with Gasteiger partial charge in [-0.05, 0) is 55.0 Å². The van der Waals surface area contributed by atoms with Crippen LogP contribution >= 0.6 is 11.3 Å². The molecule has 8 heteroatoms. The van der Waals surface area contributed by atoms with Crippen LogP contribution in [0.1, 0.15) is 56.3 Å². The van der Waals surface area contributed by atoms with Crippen LogP contribution in [0.3, 0.4) is 0 Å². The van der Waals surface area contributed by atoms with E-state index in [1.165, 1.54) is 34.6 Å². The maximum absolute atomic E-state index is 12.8. The first-order valence-corrected chi connectivity index (χ1v) is 12.3. The van der Waals surface area contributed by atoms with Crippen LogP contribution in [-0.4, -0.2) is 20.5 Å². The lowest BCUT2D eigenvalue weighted by Gasteiger charge is -2.10. The minimum absolute atomic E-state index is 0.474. The van der Waals surface area contributed by atoms with E-state index >= 15 is 0 Å². The van der Waals surface area contributed by atoms with Crippen molar-refractivity contribution in [2.45, 2.75) is 38.9 Å². The predicted molar refractivity (Wildman–Crippen MR) is 132 cm³/mol. The number of fused-ring (bicyclic) bond motifs is 5. The van der Waals surface area contributed by atoms with Crippen molar-refractivity contribution in [3.05, 3.63) is 98.4 Å². The molecule has 0 bridgehead atoms. The zero-order valence-electron chi connectivity index (χ0n) is 18.9. The fourth-order valence-corrected chi connectivity index (χ4v) is 6.21. The van der Waals surface area contributed by atoms with Gasteiger partial charge in [0, 0.05) is 16.0 Å². The molecule has 4 nitrogen and oxygen atoms in total. The number of nitrogens with zero attached hydrogens (tertiary/aromatic N) is 4. The highest BCUT2D eigenvalue weighted by atomic mass is 32.1. The van der Waals surface area contributed by atoms with Crippen LogP contribution < -0.4 is 0 Å².